The van der Waals surface area contributed by atoms with Crippen LogP contribution >= 0.6 is 11.8 Å². The first-order valence-corrected chi connectivity index (χ1v) is 14.6. The van der Waals surface area contributed by atoms with Crippen molar-refractivity contribution in [3.63, 3.8) is 0 Å². The minimum absolute atomic E-state index is 0.373. The van der Waals surface area contributed by atoms with Crippen LogP contribution in [-0.2, 0) is 12.8 Å². The zero-order chi connectivity index (χ0) is 27.0. The van der Waals surface area contributed by atoms with E-state index in [4.69, 9.17) is 5.10 Å². The van der Waals surface area contributed by atoms with Crippen LogP contribution in [0, 0.1) is 0 Å². The average Bonchev–Trinajstić information content (AvgIpc) is 3.44. The number of benzene rings is 6. The molecule has 1 aliphatic carbocycles. The van der Waals surface area contributed by atoms with Crippen molar-refractivity contribution < 1.29 is 9.90 Å². The number of thioether (sulfide) groups is 1. The van der Waals surface area contributed by atoms with Crippen LogP contribution in [0.5, 0.6) is 0 Å². The largest absolute Gasteiger partial charge is 0.478 e. The second-order valence-corrected chi connectivity index (χ2v) is 11.2. The van der Waals surface area contributed by atoms with Crippen molar-refractivity contribution >= 4 is 50.0 Å². The van der Waals surface area contributed by atoms with Crippen molar-refractivity contribution in [2.75, 3.05) is 6.26 Å². The van der Waals surface area contributed by atoms with Gasteiger partial charge in [0.15, 0.2) is 0 Å². The highest BCUT2D eigenvalue weighted by molar-refractivity contribution is 7.98. The Morgan fingerprint density at radius 3 is 2.27 bits per heavy atom. The first-order chi connectivity index (χ1) is 19.6. The van der Waals surface area contributed by atoms with Gasteiger partial charge in [0.05, 0.1) is 16.9 Å². The number of rotatable bonds is 4. The fourth-order valence-electron chi connectivity index (χ4n) is 6.60. The van der Waals surface area contributed by atoms with E-state index in [1.807, 2.05) is 47.5 Å². The summed E-state index contributed by atoms with van der Waals surface area (Å²) < 4.78 is 1.88. The fourth-order valence-corrected chi connectivity index (χ4v) is 7.23. The molecule has 0 saturated heterocycles. The van der Waals surface area contributed by atoms with Gasteiger partial charge in [-0.05, 0) is 86.3 Å². The second-order valence-electron chi connectivity index (χ2n) is 10.4. The standard InChI is InChI=1S/C35H24N2O2S/c1-40-30-18-27(24-14-12-22-11-10-20-6-5-7-21-13-15-25(24)32(22)31(20)21)26-16-17-29-28(33(26)34(30)35(38)39)19-37(36-29)23-8-3-2-4-9-23/h2-15,18-19H,16-17H2,1H3,(H,38,39). The van der Waals surface area contributed by atoms with Gasteiger partial charge in [0.2, 0.25) is 0 Å². The van der Waals surface area contributed by atoms with Crippen LogP contribution in [0.15, 0.2) is 102 Å². The molecule has 0 spiro atoms. The summed E-state index contributed by atoms with van der Waals surface area (Å²) in [5.41, 5.74) is 7.35. The number of aromatic nitrogens is 2. The van der Waals surface area contributed by atoms with Crippen LogP contribution in [0.4, 0.5) is 0 Å². The number of aromatic carboxylic acids is 1. The molecule has 0 amide bonds. The predicted octanol–water partition coefficient (Wildman–Crippen LogP) is 8.62. The third-order valence-corrected chi connectivity index (χ3v) is 9.11. The minimum Gasteiger partial charge on any atom is -0.478 e. The Bertz CT molecular complexity index is 2110. The van der Waals surface area contributed by atoms with Crippen LogP contribution < -0.4 is 0 Å². The summed E-state index contributed by atoms with van der Waals surface area (Å²) in [4.78, 5) is 13.6. The summed E-state index contributed by atoms with van der Waals surface area (Å²) in [5.74, 6) is -0.900. The van der Waals surface area contributed by atoms with Crippen LogP contribution in [0.3, 0.4) is 0 Å². The molecule has 8 rings (SSSR count). The second kappa shape index (κ2) is 8.70. The van der Waals surface area contributed by atoms with Crippen molar-refractivity contribution in [2.24, 2.45) is 0 Å². The summed E-state index contributed by atoms with van der Waals surface area (Å²) in [5, 5.41) is 22.8. The van der Waals surface area contributed by atoms with Crippen molar-refractivity contribution in [3.05, 3.63) is 114 Å². The molecule has 1 heterocycles. The van der Waals surface area contributed by atoms with Gasteiger partial charge < -0.3 is 5.11 Å². The number of carbonyl (C=O) groups is 1. The number of hydrogen-bond donors (Lipinski definition) is 1. The molecule has 1 aromatic heterocycles. The number of carboxylic acid groups (broad SMARTS) is 1. The molecule has 0 saturated carbocycles. The minimum atomic E-state index is -0.900. The van der Waals surface area contributed by atoms with Gasteiger partial charge in [-0.1, -0.05) is 72.8 Å². The Morgan fingerprint density at radius 1 is 0.800 bits per heavy atom. The van der Waals surface area contributed by atoms with E-state index in [2.05, 4.69) is 60.7 Å². The van der Waals surface area contributed by atoms with Gasteiger partial charge in [-0.25, -0.2) is 9.48 Å². The lowest BCUT2D eigenvalue weighted by atomic mass is 9.80. The monoisotopic (exact) mass is 536 g/mol. The molecule has 0 radical (unpaired) electrons. The molecular weight excluding hydrogens is 512 g/mol. The Morgan fingerprint density at radius 2 is 1.52 bits per heavy atom. The number of aryl methyl sites for hydroxylation is 1. The van der Waals surface area contributed by atoms with Gasteiger partial charge >= 0.3 is 5.97 Å². The lowest BCUT2D eigenvalue weighted by Crippen LogP contribution is -2.12. The predicted molar refractivity (Wildman–Crippen MR) is 164 cm³/mol. The highest BCUT2D eigenvalue weighted by atomic mass is 32.2. The van der Waals surface area contributed by atoms with Crippen LogP contribution in [0.2, 0.25) is 0 Å². The molecule has 7 aromatic rings. The Hall–Kier alpha value is -4.61. The van der Waals surface area contributed by atoms with E-state index >= 15 is 0 Å². The molecule has 1 N–H and O–H groups in total. The summed E-state index contributed by atoms with van der Waals surface area (Å²) in [6, 6.07) is 31.8. The lowest BCUT2D eigenvalue weighted by molar-refractivity contribution is 0.0694. The molecule has 192 valence electrons. The lowest BCUT2D eigenvalue weighted by Gasteiger charge is -2.24. The Labute approximate surface area is 235 Å². The molecule has 0 unspecified atom stereocenters. The molecule has 0 fully saturated rings. The third-order valence-electron chi connectivity index (χ3n) is 8.34. The van der Waals surface area contributed by atoms with Gasteiger partial charge in [-0.3, -0.25) is 0 Å². The molecular formula is C35H24N2O2S. The van der Waals surface area contributed by atoms with E-state index in [-0.39, 0.29) is 0 Å². The molecule has 40 heavy (non-hydrogen) atoms. The van der Waals surface area contributed by atoms with E-state index in [0.717, 1.165) is 56.9 Å². The van der Waals surface area contributed by atoms with Crippen LogP contribution in [-0.4, -0.2) is 27.1 Å². The third kappa shape index (κ3) is 3.28. The first kappa shape index (κ1) is 23.3. The van der Waals surface area contributed by atoms with Crippen LogP contribution in [0.1, 0.15) is 21.6 Å². The maximum Gasteiger partial charge on any atom is 0.337 e. The van der Waals surface area contributed by atoms with E-state index in [1.165, 1.54) is 44.1 Å². The SMILES string of the molecule is CSc1cc(-c2ccc3ccc4cccc5ccc2c3c45)c2c(c1C(=O)O)-c1cn(-c3ccccc3)nc1CC2. The fraction of sp³-hybridized carbons (Fsp3) is 0.0857. The number of hydrogen-bond acceptors (Lipinski definition) is 3. The average molecular weight is 537 g/mol. The Balaban J connectivity index is 1.45. The summed E-state index contributed by atoms with van der Waals surface area (Å²) in [6.07, 6.45) is 5.46. The quantitative estimate of drug-likeness (QED) is 0.181. The molecule has 0 atom stereocenters. The molecule has 4 nitrogen and oxygen atoms in total. The first-order valence-electron chi connectivity index (χ1n) is 13.4. The van der Waals surface area contributed by atoms with Gasteiger partial charge in [-0.15, -0.1) is 11.8 Å². The van der Waals surface area contributed by atoms with Gasteiger partial charge in [0.1, 0.15) is 0 Å². The number of para-hydroxylation sites is 1. The van der Waals surface area contributed by atoms with Gasteiger partial charge in [0, 0.05) is 22.2 Å². The van der Waals surface area contributed by atoms with Crippen molar-refractivity contribution in [2.45, 2.75) is 17.7 Å². The Kier molecular flexibility index (Phi) is 5.07. The van der Waals surface area contributed by atoms with Crippen molar-refractivity contribution in [1.82, 2.24) is 9.78 Å². The highest BCUT2D eigenvalue weighted by Gasteiger charge is 2.30. The van der Waals surface area contributed by atoms with E-state index < -0.39 is 5.97 Å². The summed E-state index contributed by atoms with van der Waals surface area (Å²) in [6.45, 7) is 0. The molecule has 1 aliphatic rings. The smallest absolute Gasteiger partial charge is 0.337 e. The van der Waals surface area contributed by atoms with E-state index in [0.29, 0.717) is 5.56 Å². The zero-order valence-electron chi connectivity index (χ0n) is 21.8. The normalized spacial score (nSPS) is 12.7. The molecule has 0 aliphatic heterocycles. The maximum atomic E-state index is 12.8. The number of carboxylic acids is 1. The zero-order valence-corrected chi connectivity index (χ0v) is 22.6. The van der Waals surface area contributed by atoms with E-state index in [9.17, 15) is 9.90 Å². The van der Waals surface area contributed by atoms with Crippen molar-refractivity contribution in [3.8, 4) is 27.9 Å². The van der Waals surface area contributed by atoms with Crippen molar-refractivity contribution in [1.29, 1.82) is 0 Å². The molecule has 5 heteroatoms. The topological polar surface area (TPSA) is 55.1 Å². The highest BCUT2D eigenvalue weighted by Crippen LogP contribution is 2.47. The number of fused-ring (bicyclic) bond motifs is 3. The maximum absolute atomic E-state index is 12.8. The van der Waals surface area contributed by atoms with Crippen LogP contribution in [0.25, 0.3) is 60.3 Å². The molecule has 6 aromatic carbocycles. The summed E-state index contributed by atoms with van der Waals surface area (Å²) >= 11 is 1.49. The van der Waals surface area contributed by atoms with E-state index in [1.54, 1.807) is 0 Å². The molecule has 0 bridgehead atoms. The van der Waals surface area contributed by atoms with Gasteiger partial charge in [-0.2, -0.15) is 5.10 Å². The van der Waals surface area contributed by atoms with Gasteiger partial charge in [0.25, 0.3) is 0 Å². The number of nitrogens with zero attached hydrogens (tertiary/aromatic N) is 2. The summed E-state index contributed by atoms with van der Waals surface area (Å²) in [7, 11) is 0.